The molecule has 8 heteroatoms. The minimum absolute atomic E-state index is 0.0805. The summed E-state index contributed by atoms with van der Waals surface area (Å²) in [5.74, 6) is -0.961. The van der Waals surface area contributed by atoms with E-state index in [0.717, 1.165) is 6.08 Å². The Hall–Kier alpha value is -3.29. The minimum Gasteiger partial charge on any atom is -0.478 e. The van der Waals surface area contributed by atoms with Crippen molar-refractivity contribution < 1.29 is 14.7 Å². The van der Waals surface area contributed by atoms with Gasteiger partial charge < -0.3 is 10.4 Å². The van der Waals surface area contributed by atoms with E-state index in [1.54, 1.807) is 24.3 Å². The normalized spacial score (nSPS) is 10.3. The van der Waals surface area contributed by atoms with Gasteiger partial charge in [-0.3, -0.25) is 5.32 Å². The van der Waals surface area contributed by atoms with Gasteiger partial charge in [-0.05, 0) is 23.8 Å². The molecule has 0 fully saturated rings. The molecule has 2 aromatic rings. The van der Waals surface area contributed by atoms with Crippen molar-refractivity contribution in [3.8, 4) is 0 Å². The van der Waals surface area contributed by atoms with Crippen molar-refractivity contribution in [2.75, 3.05) is 10.6 Å². The molecular weight excluding hydrogens is 274 g/mol. The molecule has 0 radical (unpaired) electrons. The molecule has 0 aliphatic heterocycles. The third-order valence-electron chi connectivity index (χ3n) is 2.27. The van der Waals surface area contributed by atoms with Gasteiger partial charge >= 0.3 is 12.0 Å². The van der Waals surface area contributed by atoms with Crippen molar-refractivity contribution in [1.29, 1.82) is 0 Å². The van der Waals surface area contributed by atoms with Gasteiger partial charge in [-0.25, -0.2) is 14.6 Å². The second-order valence-corrected chi connectivity index (χ2v) is 3.84. The van der Waals surface area contributed by atoms with Crippen LogP contribution in [0.3, 0.4) is 0 Å². The number of nitrogens with one attached hydrogen (secondary N) is 2. The largest absolute Gasteiger partial charge is 0.478 e. The number of benzene rings is 1. The van der Waals surface area contributed by atoms with Gasteiger partial charge in [-0.2, -0.15) is 5.10 Å². The molecule has 0 unspecified atom stereocenters. The van der Waals surface area contributed by atoms with Crippen LogP contribution in [0.4, 0.5) is 16.4 Å². The third kappa shape index (κ3) is 4.71. The van der Waals surface area contributed by atoms with E-state index in [4.69, 9.17) is 5.11 Å². The molecule has 3 N–H and O–H groups in total. The molecule has 0 aliphatic carbocycles. The lowest BCUT2D eigenvalue weighted by Crippen LogP contribution is -2.21. The van der Waals surface area contributed by atoms with Crippen molar-refractivity contribution in [3.63, 3.8) is 0 Å². The van der Waals surface area contributed by atoms with Crippen LogP contribution in [0, 0.1) is 0 Å². The SMILES string of the molecule is O=C(O)/C=C/c1cccc(NC(=O)Nc2nccnn2)c1. The maximum atomic E-state index is 11.7. The average molecular weight is 285 g/mol. The highest BCUT2D eigenvalue weighted by atomic mass is 16.4. The monoisotopic (exact) mass is 285 g/mol. The molecule has 0 bridgehead atoms. The zero-order chi connectivity index (χ0) is 15.1. The summed E-state index contributed by atoms with van der Waals surface area (Å²) >= 11 is 0. The van der Waals surface area contributed by atoms with Crippen molar-refractivity contribution >= 4 is 29.7 Å². The number of rotatable bonds is 4. The number of amides is 2. The Kier molecular flexibility index (Phi) is 4.54. The van der Waals surface area contributed by atoms with Gasteiger partial charge in [0.1, 0.15) is 0 Å². The Balaban J connectivity index is 2.01. The molecule has 0 spiro atoms. The zero-order valence-corrected chi connectivity index (χ0v) is 10.7. The number of carbonyl (C=O) groups excluding carboxylic acids is 1. The van der Waals surface area contributed by atoms with Crippen LogP contribution in [-0.4, -0.2) is 32.3 Å². The predicted octanol–water partition coefficient (Wildman–Crippen LogP) is 1.61. The molecular formula is C13H11N5O3. The lowest BCUT2D eigenvalue weighted by molar-refractivity contribution is -0.131. The molecule has 0 saturated heterocycles. The van der Waals surface area contributed by atoms with E-state index in [2.05, 4.69) is 25.8 Å². The number of aromatic nitrogens is 3. The first kappa shape index (κ1) is 14.1. The lowest BCUT2D eigenvalue weighted by atomic mass is 10.2. The summed E-state index contributed by atoms with van der Waals surface area (Å²) in [6, 6.07) is 6.18. The summed E-state index contributed by atoms with van der Waals surface area (Å²) in [4.78, 5) is 26.0. The Morgan fingerprint density at radius 2 is 2.05 bits per heavy atom. The Morgan fingerprint density at radius 3 is 2.76 bits per heavy atom. The number of carbonyl (C=O) groups is 2. The van der Waals surface area contributed by atoms with Gasteiger partial charge in [-0.1, -0.05) is 12.1 Å². The molecule has 1 aromatic heterocycles. The van der Waals surface area contributed by atoms with Gasteiger partial charge in [0.05, 0.1) is 12.4 Å². The summed E-state index contributed by atoms with van der Waals surface area (Å²) in [5.41, 5.74) is 1.15. The van der Waals surface area contributed by atoms with E-state index in [0.29, 0.717) is 11.3 Å². The minimum atomic E-state index is -1.04. The first-order chi connectivity index (χ1) is 10.1. The fraction of sp³-hybridized carbons (Fsp3) is 0. The maximum Gasteiger partial charge on any atom is 0.328 e. The Bertz CT molecular complexity index is 673. The number of anilines is 2. The second kappa shape index (κ2) is 6.75. The molecule has 8 nitrogen and oxygen atoms in total. The van der Waals surface area contributed by atoms with E-state index in [-0.39, 0.29) is 5.95 Å². The molecule has 0 atom stereocenters. The van der Waals surface area contributed by atoms with E-state index in [1.165, 1.54) is 18.5 Å². The van der Waals surface area contributed by atoms with Gasteiger partial charge in [0.15, 0.2) is 0 Å². The fourth-order valence-corrected chi connectivity index (χ4v) is 1.46. The van der Waals surface area contributed by atoms with E-state index in [9.17, 15) is 9.59 Å². The van der Waals surface area contributed by atoms with Crippen LogP contribution in [0.15, 0.2) is 42.7 Å². The highest BCUT2D eigenvalue weighted by Gasteiger charge is 2.04. The van der Waals surface area contributed by atoms with Crippen molar-refractivity contribution in [3.05, 3.63) is 48.3 Å². The first-order valence-corrected chi connectivity index (χ1v) is 5.86. The first-order valence-electron chi connectivity index (χ1n) is 5.86. The number of carboxylic acids is 1. The Morgan fingerprint density at radius 1 is 1.19 bits per heavy atom. The van der Waals surface area contributed by atoms with Crippen LogP contribution >= 0.6 is 0 Å². The molecule has 2 amide bonds. The van der Waals surface area contributed by atoms with Crippen LogP contribution in [0.25, 0.3) is 6.08 Å². The number of carboxylic acid groups (broad SMARTS) is 1. The smallest absolute Gasteiger partial charge is 0.328 e. The van der Waals surface area contributed by atoms with Crippen molar-refractivity contribution in [2.45, 2.75) is 0 Å². The van der Waals surface area contributed by atoms with Crippen LogP contribution in [-0.2, 0) is 4.79 Å². The summed E-state index contributed by atoms with van der Waals surface area (Å²) < 4.78 is 0. The molecule has 1 aromatic carbocycles. The summed E-state index contributed by atoms with van der Waals surface area (Å²) in [7, 11) is 0. The van der Waals surface area contributed by atoms with Crippen LogP contribution in [0.2, 0.25) is 0 Å². The van der Waals surface area contributed by atoms with Gasteiger partial charge in [-0.15, -0.1) is 5.10 Å². The van der Waals surface area contributed by atoms with Gasteiger partial charge in [0.2, 0.25) is 0 Å². The van der Waals surface area contributed by atoms with E-state index in [1.807, 2.05) is 0 Å². The molecule has 106 valence electrons. The molecule has 2 rings (SSSR count). The molecule has 21 heavy (non-hydrogen) atoms. The topological polar surface area (TPSA) is 117 Å². The highest BCUT2D eigenvalue weighted by molar-refractivity contribution is 5.98. The molecule has 0 saturated carbocycles. The quantitative estimate of drug-likeness (QED) is 0.735. The predicted molar refractivity (Wildman–Crippen MR) is 75.6 cm³/mol. The maximum absolute atomic E-state index is 11.7. The summed E-state index contributed by atoms with van der Waals surface area (Å²) in [5, 5.41) is 20.8. The van der Waals surface area contributed by atoms with Crippen LogP contribution < -0.4 is 10.6 Å². The standard InChI is InChI=1S/C13H11N5O3/c19-11(20)5-4-9-2-1-3-10(8-9)16-13(21)17-12-14-6-7-15-18-12/h1-8H,(H,19,20)(H2,14,16,17,18,21)/b5-4+. The van der Waals surface area contributed by atoms with Crippen molar-refractivity contribution in [1.82, 2.24) is 15.2 Å². The number of aliphatic carboxylic acids is 1. The van der Waals surface area contributed by atoms with Crippen molar-refractivity contribution in [2.24, 2.45) is 0 Å². The van der Waals surface area contributed by atoms with Gasteiger partial charge in [0, 0.05) is 11.8 Å². The molecule has 1 heterocycles. The average Bonchev–Trinajstić information content (AvgIpc) is 2.46. The van der Waals surface area contributed by atoms with Crippen LogP contribution in [0.5, 0.6) is 0 Å². The van der Waals surface area contributed by atoms with Crippen LogP contribution in [0.1, 0.15) is 5.56 Å². The summed E-state index contributed by atoms with van der Waals surface area (Å²) in [6.07, 6.45) is 5.24. The van der Waals surface area contributed by atoms with E-state index < -0.39 is 12.0 Å². The molecule has 0 aliphatic rings. The third-order valence-corrected chi connectivity index (χ3v) is 2.27. The van der Waals surface area contributed by atoms with E-state index >= 15 is 0 Å². The number of urea groups is 1. The lowest BCUT2D eigenvalue weighted by Gasteiger charge is -2.06. The summed E-state index contributed by atoms with van der Waals surface area (Å²) in [6.45, 7) is 0. The Labute approximate surface area is 119 Å². The zero-order valence-electron chi connectivity index (χ0n) is 10.7. The second-order valence-electron chi connectivity index (χ2n) is 3.84. The fourth-order valence-electron chi connectivity index (χ4n) is 1.46. The number of nitrogens with zero attached hydrogens (tertiary/aromatic N) is 3. The highest BCUT2D eigenvalue weighted by Crippen LogP contribution is 2.12. The number of hydrogen-bond acceptors (Lipinski definition) is 5. The number of hydrogen-bond donors (Lipinski definition) is 3. The van der Waals surface area contributed by atoms with Gasteiger partial charge in [0.25, 0.3) is 5.95 Å².